The van der Waals surface area contributed by atoms with Gasteiger partial charge in [0.15, 0.2) is 0 Å². The number of aromatic nitrogens is 2. The normalized spacial score (nSPS) is 20.4. The number of aryl methyl sites for hydroxylation is 1. The molecular weight excluding hydrogens is 202 g/mol. The number of rotatable bonds is 2. The standard InChI is InChI=1S/C12H21N3O/c1-4-10-11-9(13)6-5-7-16-12(11)15(14-10)8(2)3/h8-9H,4-7,13H2,1-3H3. The van der Waals surface area contributed by atoms with Gasteiger partial charge in [-0.05, 0) is 33.1 Å². The van der Waals surface area contributed by atoms with Crippen molar-refractivity contribution >= 4 is 0 Å². The molecule has 2 rings (SSSR count). The highest BCUT2D eigenvalue weighted by Crippen LogP contribution is 2.34. The molecule has 0 saturated heterocycles. The van der Waals surface area contributed by atoms with Crippen LogP contribution in [-0.4, -0.2) is 16.4 Å². The van der Waals surface area contributed by atoms with Gasteiger partial charge in [-0.2, -0.15) is 5.10 Å². The van der Waals surface area contributed by atoms with E-state index in [0.29, 0.717) is 6.04 Å². The molecule has 16 heavy (non-hydrogen) atoms. The van der Waals surface area contributed by atoms with Gasteiger partial charge in [-0.3, -0.25) is 0 Å². The SMILES string of the molecule is CCc1nn(C(C)C)c2c1C(N)CCCO2. The molecule has 1 aliphatic heterocycles. The Balaban J connectivity index is 2.52. The Kier molecular flexibility index (Phi) is 3.19. The van der Waals surface area contributed by atoms with E-state index < -0.39 is 0 Å². The van der Waals surface area contributed by atoms with Crippen LogP contribution in [0.2, 0.25) is 0 Å². The van der Waals surface area contributed by atoms with Gasteiger partial charge in [0.2, 0.25) is 5.88 Å². The summed E-state index contributed by atoms with van der Waals surface area (Å²) in [6.07, 6.45) is 2.93. The van der Waals surface area contributed by atoms with Crippen LogP contribution in [0.25, 0.3) is 0 Å². The average Bonchev–Trinajstić information content (AvgIpc) is 2.53. The van der Waals surface area contributed by atoms with Crippen LogP contribution < -0.4 is 10.5 Å². The van der Waals surface area contributed by atoms with E-state index in [4.69, 9.17) is 10.5 Å². The van der Waals surface area contributed by atoms with E-state index in [1.165, 1.54) is 0 Å². The van der Waals surface area contributed by atoms with Crippen molar-refractivity contribution < 1.29 is 4.74 Å². The molecular formula is C12H21N3O. The lowest BCUT2D eigenvalue weighted by Gasteiger charge is -2.12. The van der Waals surface area contributed by atoms with E-state index in [-0.39, 0.29) is 6.04 Å². The zero-order chi connectivity index (χ0) is 11.7. The number of hydrogen-bond donors (Lipinski definition) is 1. The van der Waals surface area contributed by atoms with Gasteiger partial charge in [0.05, 0.1) is 23.9 Å². The first-order valence-corrected chi connectivity index (χ1v) is 6.14. The maximum Gasteiger partial charge on any atom is 0.217 e. The molecule has 0 radical (unpaired) electrons. The molecule has 4 heteroatoms. The lowest BCUT2D eigenvalue weighted by Crippen LogP contribution is -2.10. The van der Waals surface area contributed by atoms with Gasteiger partial charge in [0, 0.05) is 6.04 Å². The first kappa shape index (κ1) is 11.5. The third-order valence-electron chi connectivity index (χ3n) is 3.07. The zero-order valence-corrected chi connectivity index (χ0v) is 10.4. The van der Waals surface area contributed by atoms with Crippen molar-refractivity contribution in [2.45, 2.75) is 52.1 Å². The van der Waals surface area contributed by atoms with Crippen LogP contribution in [0.3, 0.4) is 0 Å². The van der Waals surface area contributed by atoms with Crippen LogP contribution in [0, 0.1) is 0 Å². The van der Waals surface area contributed by atoms with Crippen LogP contribution in [0.4, 0.5) is 0 Å². The van der Waals surface area contributed by atoms with Crippen molar-refractivity contribution in [3.63, 3.8) is 0 Å². The molecule has 1 atom stereocenters. The van der Waals surface area contributed by atoms with Crippen LogP contribution >= 0.6 is 0 Å². The topological polar surface area (TPSA) is 53.1 Å². The third-order valence-corrected chi connectivity index (χ3v) is 3.07. The van der Waals surface area contributed by atoms with E-state index in [0.717, 1.165) is 43.0 Å². The van der Waals surface area contributed by atoms with Crippen molar-refractivity contribution in [3.05, 3.63) is 11.3 Å². The lowest BCUT2D eigenvalue weighted by molar-refractivity contribution is 0.275. The Morgan fingerprint density at radius 1 is 1.56 bits per heavy atom. The highest BCUT2D eigenvalue weighted by molar-refractivity contribution is 5.36. The second-order valence-corrected chi connectivity index (χ2v) is 4.65. The Hall–Kier alpha value is -1.03. The summed E-state index contributed by atoms with van der Waals surface area (Å²) in [6.45, 7) is 7.10. The molecule has 0 spiro atoms. The number of hydrogen-bond acceptors (Lipinski definition) is 3. The molecule has 0 amide bonds. The maximum atomic E-state index is 6.20. The summed E-state index contributed by atoms with van der Waals surface area (Å²) in [5.41, 5.74) is 8.43. The molecule has 0 aromatic carbocycles. The predicted molar refractivity (Wildman–Crippen MR) is 63.6 cm³/mol. The first-order valence-electron chi connectivity index (χ1n) is 6.14. The van der Waals surface area contributed by atoms with Crippen molar-refractivity contribution in [3.8, 4) is 5.88 Å². The first-order chi connectivity index (χ1) is 7.65. The molecule has 1 aromatic rings. The molecule has 0 fully saturated rings. The smallest absolute Gasteiger partial charge is 0.217 e. The molecule has 90 valence electrons. The van der Waals surface area contributed by atoms with E-state index in [1.54, 1.807) is 0 Å². The molecule has 4 nitrogen and oxygen atoms in total. The van der Waals surface area contributed by atoms with E-state index in [1.807, 2.05) is 4.68 Å². The fraction of sp³-hybridized carbons (Fsp3) is 0.750. The largest absolute Gasteiger partial charge is 0.478 e. The van der Waals surface area contributed by atoms with Crippen molar-refractivity contribution in [1.82, 2.24) is 9.78 Å². The highest BCUT2D eigenvalue weighted by atomic mass is 16.5. The van der Waals surface area contributed by atoms with Crippen LogP contribution in [-0.2, 0) is 6.42 Å². The molecule has 0 aliphatic carbocycles. The van der Waals surface area contributed by atoms with Crippen LogP contribution in [0.5, 0.6) is 5.88 Å². The number of ether oxygens (including phenoxy) is 1. The van der Waals surface area contributed by atoms with Gasteiger partial charge in [0.25, 0.3) is 0 Å². The van der Waals surface area contributed by atoms with Gasteiger partial charge < -0.3 is 10.5 Å². The summed E-state index contributed by atoms with van der Waals surface area (Å²) in [6, 6.07) is 0.402. The minimum absolute atomic E-state index is 0.0833. The molecule has 1 aromatic heterocycles. The lowest BCUT2D eigenvalue weighted by atomic mass is 10.0. The quantitative estimate of drug-likeness (QED) is 0.836. The van der Waals surface area contributed by atoms with Gasteiger partial charge >= 0.3 is 0 Å². The minimum Gasteiger partial charge on any atom is -0.478 e. The minimum atomic E-state index is 0.0833. The molecule has 0 saturated carbocycles. The second kappa shape index (κ2) is 4.45. The zero-order valence-electron chi connectivity index (χ0n) is 10.4. The van der Waals surface area contributed by atoms with Crippen molar-refractivity contribution in [2.75, 3.05) is 6.61 Å². The molecule has 1 aliphatic rings. The van der Waals surface area contributed by atoms with E-state index >= 15 is 0 Å². The Bertz CT molecular complexity index is 371. The fourth-order valence-electron chi connectivity index (χ4n) is 2.22. The molecule has 1 unspecified atom stereocenters. The molecule has 0 bridgehead atoms. The number of nitrogens with two attached hydrogens (primary N) is 1. The maximum absolute atomic E-state index is 6.20. The second-order valence-electron chi connectivity index (χ2n) is 4.65. The summed E-state index contributed by atoms with van der Waals surface area (Å²) in [5.74, 6) is 0.900. The third kappa shape index (κ3) is 1.82. The Morgan fingerprint density at radius 2 is 2.31 bits per heavy atom. The summed E-state index contributed by atoms with van der Waals surface area (Å²) in [4.78, 5) is 0. The number of nitrogens with zero attached hydrogens (tertiary/aromatic N) is 2. The van der Waals surface area contributed by atoms with Gasteiger partial charge in [-0.1, -0.05) is 6.92 Å². The fourth-order valence-corrected chi connectivity index (χ4v) is 2.22. The summed E-state index contributed by atoms with van der Waals surface area (Å²) < 4.78 is 7.79. The summed E-state index contributed by atoms with van der Waals surface area (Å²) >= 11 is 0. The van der Waals surface area contributed by atoms with Gasteiger partial charge in [-0.15, -0.1) is 0 Å². The van der Waals surface area contributed by atoms with E-state index in [2.05, 4.69) is 25.9 Å². The Labute approximate surface area is 96.8 Å². The summed E-state index contributed by atoms with van der Waals surface area (Å²) in [5, 5.41) is 4.61. The van der Waals surface area contributed by atoms with Crippen molar-refractivity contribution in [2.24, 2.45) is 5.73 Å². The number of fused-ring (bicyclic) bond motifs is 1. The highest BCUT2D eigenvalue weighted by Gasteiger charge is 2.26. The monoisotopic (exact) mass is 223 g/mol. The van der Waals surface area contributed by atoms with Crippen molar-refractivity contribution in [1.29, 1.82) is 0 Å². The van der Waals surface area contributed by atoms with Gasteiger partial charge in [-0.25, -0.2) is 4.68 Å². The van der Waals surface area contributed by atoms with Gasteiger partial charge in [0.1, 0.15) is 0 Å². The molecule has 2 heterocycles. The molecule has 2 N–H and O–H groups in total. The Morgan fingerprint density at radius 3 is 2.94 bits per heavy atom. The summed E-state index contributed by atoms with van der Waals surface area (Å²) in [7, 11) is 0. The predicted octanol–water partition coefficient (Wildman–Crippen LogP) is 2.20. The average molecular weight is 223 g/mol. The van der Waals surface area contributed by atoms with Crippen LogP contribution in [0.15, 0.2) is 0 Å². The van der Waals surface area contributed by atoms with E-state index in [9.17, 15) is 0 Å². The van der Waals surface area contributed by atoms with Crippen LogP contribution in [0.1, 0.15) is 57.0 Å².